The molecule has 21 heavy (non-hydrogen) atoms. The molecule has 0 saturated heterocycles. The molecule has 0 saturated carbocycles. The number of carbonyl (C=O) groups is 1. The molecule has 0 heterocycles. The first-order valence-corrected chi connectivity index (χ1v) is 6.63. The van der Waals surface area contributed by atoms with Crippen molar-refractivity contribution in [2.75, 3.05) is 7.11 Å². The summed E-state index contributed by atoms with van der Waals surface area (Å²) in [6.07, 6.45) is 0.236. The number of hydrogen-bond acceptors (Lipinski definition) is 2. The van der Waals surface area contributed by atoms with Gasteiger partial charge in [-0.05, 0) is 36.6 Å². The van der Waals surface area contributed by atoms with Crippen molar-refractivity contribution in [3.05, 3.63) is 65.0 Å². The third-order valence-corrected chi connectivity index (χ3v) is 3.40. The molecule has 2 aromatic carbocycles. The van der Waals surface area contributed by atoms with Crippen molar-refractivity contribution in [1.29, 1.82) is 0 Å². The van der Waals surface area contributed by atoms with Crippen LogP contribution in [0.5, 0.6) is 5.75 Å². The van der Waals surface area contributed by atoms with E-state index in [-0.39, 0.29) is 12.2 Å². The van der Waals surface area contributed by atoms with Gasteiger partial charge in [0.25, 0.3) is 0 Å². The third kappa shape index (κ3) is 3.60. The van der Waals surface area contributed by atoms with Gasteiger partial charge in [-0.1, -0.05) is 35.9 Å². The summed E-state index contributed by atoms with van der Waals surface area (Å²) < 4.78 is 18.6. The number of carboxylic acids is 1. The fraction of sp³-hybridized carbons (Fsp3) is 0.235. The molecule has 0 aliphatic carbocycles. The summed E-state index contributed by atoms with van der Waals surface area (Å²) in [6.45, 7) is 1.91. The number of benzene rings is 2. The average Bonchev–Trinajstić information content (AvgIpc) is 2.44. The lowest BCUT2D eigenvalue weighted by Gasteiger charge is -2.14. The van der Waals surface area contributed by atoms with E-state index in [1.807, 2.05) is 25.1 Å². The second-order valence-corrected chi connectivity index (χ2v) is 4.98. The van der Waals surface area contributed by atoms with Gasteiger partial charge in [0.05, 0.1) is 13.0 Å². The Bertz CT molecular complexity index is 652. The van der Waals surface area contributed by atoms with Crippen molar-refractivity contribution >= 4 is 5.97 Å². The molecule has 0 amide bonds. The molecule has 110 valence electrons. The number of aliphatic carboxylic acids is 1. The van der Waals surface area contributed by atoms with Crippen molar-refractivity contribution in [3.63, 3.8) is 0 Å². The summed E-state index contributed by atoms with van der Waals surface area (Å²) in [4.78, 5) is 11.5. The number of methoxy groups -OCH3 is 1. The topological polar surface area (TPSA) is 46.5 Å². The van der Waals surface area contributed by atoms with E-state index in [4.69, 9.17) is 4.74 Å². The second kappa shape index (κ2) is 6.39. The maximum atomic E-state index is 13.7. The lowest BCUT2D eigenvalue weighted by atomic mass is 9.91. The zero-order valence-corrected chi connectivity index (χ0v) is 12.0. The highest BCUT2D eigenvalue weighted by atomic mass is 19.1. The van der Waals surface area contributed by atoms with Crippen LogP contribution in [0.25, 0.3) is 0 Å². The molecule has 0 aliphatic heterocycles. The third-order valence-electron chi connectivity index (χ3n) is 3.40. The molecule has 2 aromatic rings. The summed E-state index contributed by atoms with van der Waals surface area (Å²) in [7, 11) is 1.39. The Balaban J connectivity index is 2.29. The zero-order chi connectivity index (χ0) is 15.4. The minimum Gasteiger partial charge on any atom is -0.494 e. The van der Waals surface area contributed by atoms with E-state index in [2.05, 4.69) is 0 Å². The van der Waals surface area contributed by atoms with Gasteiger partial charge < -0.3 is 9.84 Å². The van der Waals surface area contributed by atoms with Gasteiger partial charge in [0.1, 0.15) is 0 Å². The summed E-state index contributed by atoms with van der Waals surface area (Å²) >= 11 is 0. The highest BCUT2D eigenvalue weighted by Gasteiger charge is 2.21. The Morgan fingerprint density at radius 3 is 2.62 bits per heavy atom. The van der Waals surface area contributed by atoms with E-state index < -0.39 is 17.7 Å². The van der Waals surface area contributed by atoms with Crippen LogP contribution < -0.4 is 4.74 Å². The second-order valence-electron chi connectivity index (χ2n) is 4.98. The first-order chi connectivity index (χ1) is 10.0. The number of halogens is 1. The Hall–Kier alpha value is -2.36. The van der Waals surface area contributed by atoms with Crippen LogP contribution in [0.15, 0.2) is 42.5 Å². The number of rotatable bonds is 5. The monoisotopic (exact) mass is 288 g/mol. The zero-order valence-electron chi connectivity index (χ0n) is 12.0. The van der Waals surface area contributed by atoms with Crippen molar-refractivity contribution in [3.8, 4) is 5.75 Å². The molecule has 0 spiro atoms. The highest BCUT2D eigenvalue weighted by molar-refractivity contribution is 5.76. The van der Waals surface area contributed by atoms with Gasteiger partial charge in [-0.25, -0.2) is 4.39 Å². The van der Waals surface area contributed by atoms with Crippen molar-refractivity contribution < 1.29 is 19.0 Å². The average molecular weight is 288 g/mol. The lowest BCUT2D eigenvalue weighted by molar-refractivity contribution is -0.138. The van der Waals surface area contributed by atoms with E-state index >= 15 is 0 Å². The van der Waals surface area contributed by atoms with E-state index in [1.165, 1.54) is 19.2 Å². The molecular weight excluding hydrogens is 271 g/mol. The normalized spacial score (nSPS) is 12.0. The number of hydrogen-bond donors (Lipinski definition) is 1. The standard InChI is InChI=1S/C17H17FO3/c1-11-4-3-5-13(8-11)14(17(19)20)9-12-6-7-16(21-2)15(18)10-12/h3-8,10,14H,9H2,1-2H3,(H,19,20). The summed E-state index contributed by atoms with van der Waals surface area (Å²) in [5.41, 5.74) is 2.35. The predicted octanol–water partition coefficient (Wildman–Crippen LogP) is 3.55. The van der Waals surface area contributed by atoms with Crippen LogP contribution in [0, 0.1) is 12.7 Å². The fourth-order valence-electron chi connectivity index (χ4n) is 2.31. The first-order valence-electron chi connectivity index (χ1n) is 6.63. The molecule has 0 aliphatic rings. The highest BCUT2D eigenvalue weighted by Crippen LogP contribution is 2.25. The van der Waals surface area contributed by atoms with Crippen LogP contribution in [-0.2, 0) is 11.2 Å². The smallest absolute Gasteiger partial charge is 0.311 e. The van der Waals surface area contributed by atoms with Crippen molar-refractivity contribution in [1.82, 2.24) is 0 Å². The van der Waals surface area contributed by atoms with Gasteiger partial charge in [-0.2, -0.15) is 0 Å². The van der Waals surface area contributed by atoms with E-state index in [1.54, 1.807) is 12.1 Å². The minimum atomic E-state index is -0.920. The summed E-state index contributed by atoms with van der Waals surface area (Å²) in [5, 5.41) is 9.43. The summed E-state index contributed by atoms with van der Waals surface area (Å²) in [5.74, 6) is -1.95. The molecule has 1 N–H and O–H groups in total. The maximum absolute atomic E-state index is 13.7. The lowest BCUT2D eigenvalue weighted by Crippen LogP contribution is -2.14. The van der Waals surface area contributed by atoms with Gasteiger partial charge in [0.15, 0.2) is 11.6 Å². The van der Waals surface area contributed by atoms with E-state index in [9.17, 15) is 14.3 Å². The molecule has 3 nitrogen and oxygen atoms in total. The first kappa shape index (κ1) is 15.0. The predicted molar refractivity (Wildman–Crippen MR) is 78.2 cm³/mol. The van der Waals surface area contributed by atoms with Crippen LogP contribution in [0.2, 0.25) is 0 Å². The number of aryl methyl sites for hydroxylation is 1. The number of carboxylic acid groups (broad SMARTS) is 1. The molecule has 1 atom stereocenters. The Morgan fingerprint density at radius 2 is 2.05 bits per heavy atom. The van der Waals surface area contributed by atoms with Crippen LogP contribution >= 0.6 is 0 Å². The molecule has 0 bridgehead atoms. The van der Waals surface area contributed by atoms with Gasteiger partial charge >= 0.3 is 5.97 Å². The Morgan fingerprint density at radius 1 is 1.29 bits per heavy atom. The molecule has 2 rings (SSSR count). The van der Waals surface area contributed by atoms with Crippen molar-refractivity contribution in [2.45, 2.75) is 19.3 Å². The van der Waals surface area contributed by atoms with E-state index in [0.717, 1.165) is 11.1 Å². The molecule has 0 aromatic heterocycles. The Kier molecular flexibility index (Phi) is 4.58. The molecular formula is C17H17FO3. The number of ether oxygens (including phenoxy) is 1. The minimum absolute atomic E-state index is 0.154. The van der Waals surface area contributed by atoms with Gasteiger partial charge in [0.2, 0.25) is 0 Å². The maximum Gasteiger partial charge on any atom is 0.311 e. The molecule has 4 heteroatoms. The quantitative estimate of drug-likeness (QED) is 0.915. The van der Waals surface area contributed by atoms with Gasteiger partial charge in [-0.15, -0.1) is 0 Å². The molecule has 0 fully saturated rings. The Labute approximate surface area is 123 Å². The van der Waals surface area contributed by atoms with Crippen LogP contribution in [-0.4, -0.2) is 18.2 Å². The fourth-order valence-corrected chi connectivity index (χ4v) is 2.31. The molecule has 0 radical (unpaired) electrons. The van der Waals surface area contributed by atoms with Gasteiger partial charge in [-0.3, -0.25) is 4.79 Å². The van der Waals surface area contributed by atoms with Gasteiger partial charge in [0, 0.05) is 0 Å². The van der Waals surface area contributed by atoms with Crippen LogP contribution in [0.1, 0.15) is 22.6 Å². The van der Waals surface area contributed by atoms with E-state index in [0.29, 0.717) is 5.56 Å². The molecule has 1 unspecified atom stereocenters. The van der Waals surface area contributed by atoms with Crippen molar-refractivity contribution in [2.24, 2.45) is 0 Å². The summed E-state index contributed by atoms with van der Waals surface area (Å²) in [6, 6.07) is 11.9. The van der Waals surface area contributed by atoms with Crippen LogP contribution in [0.3, 0.4) is 0 Å². The largest absolute Gasteiger partial charge is 0.494 e. The SMILES string of the molecule is COc1ccc(CC(C(=O)O)c2cccc(C)c2)cc1F. The van der Waals surface area contributed by atoms with Crippen LogP contribution in [0.4, 0.5) is 4.39 Å².